The molecule has 1 aromatic carbocycles. The van der Waals surface area contributed by atoms with Gasteiger partial charge in [0.05, 0.1) is 16.7 Å². The molecule has 0 aliphatic carbocycles. The van der Waals surface area contributed by atoms with E-state index in [1.807, 2.05) is 32.9 Å². The summed E-state index contributed by atoms with van der Waals surface area (Å²) in [5.74, 6) is 1.60. The van der Waals surface area contributed by atoms with Crippen molar-refractivity contribution < 1.29 is 14.6 Å². The van der Waals surface area contributed by atoms with Gasteiger partial charge in [0, 0.05) is 18.8 Å². The van der Waals surface area contributed by atoms with Crippen molar-refractivity contribution in [3.05, 3.63) is 33.8 Å². The number of carbonyl (C=O) groups excluding carboxylic acids is 1. The summed E-state index contributed by atoms with van der Waals surface area (Å²) in [6.45, 7) is 6.86. The third-order valence-electron chi connectivity index (χ3n) is 3.29. The van der Waals surface area contributed by atoms with E-state index in [0.717, 1.165) is 17.7 Å². The molecular formula is C18H27Cl2NO3S. The number of halogens is 2. The van der Waals surface area contributed by atoms with E-state index in [1.165, 1.54) is 0 Å². The van der Waals surface area contributed by atoms with Gasteiger partial charge in [0.2, 0.25) is 0 Å². The molecule has 0 aliphatic rings. The lowest BCUT2D eigenvalue weighted by atomic mass is 10.1. The van der Waals surface area contributed by atoms with E-state index in [-0.39, 0.29) is 12.7 Å². The van der Waals surface area contributed by atoms with Crippen LogP contribution in [0.5, 0.6) is 0 Å². The fourth-order valence-corrected chi connectivity index (χ4v) is 3.22. The Kier molecular flexibility index (Phi) is 10.0. The highest BCUT2D eigenvalue weighted by atomic mass is 35.5. The Morgan fingerprint density at radius 2 is 1.96 bits per heavy atom. The number of ether oxygens (including phenoxy) is 1. The minimum Gasteiger partial charge on any atom is -0.444 e. The number of hydrogen-bond donors (Lipinski definition) is 1. The summed E-state index contributed by atoms with van der Waals surface area (Å²) in [4.78, 5) is 14.2. The van der Waals surface area contributed by atoms with Crippen LogP contribution in [0.1, 0.15) is 32.8 Å². The number of hydrogen-bond acceptors (Lipinski definition) is 4. The minimum atomic E-state index is -0.533. The van der Waals surface area contributed by atoms with Crippen molar-refractivity contribution in [3.8, 4) is 0 Å². The summed E-state index contributed by atoms with van der Waals surface area (Å²) in [5, 5.41) is 9.87. The Balaban J connectivity index is 2.66. The van der Waals surface area contributed by atoms with Crippen molar-refractivity contribution in [1.29, 1.82) is 0 Å². The van der Waals surface area contributed by atoms with E-state index in [9.17, 15) is 4.79 Å². The van der Waals surface area contributed by atoms with Crippen LogP contribution in [-0.4, -0.2) is 52.9 Å². The van der Waals surface area contributed by atoms with Crippen LogP contribution >= 0.6 is 35.0 Å². The number of nitrogens with zero attached hydrogens (tertiary/aromatic N) is 1. The molecule has 0 aromatic heterocycles. The zero-order valence-corrected chi connectivity index (χ0v) is 17.4. The number of benzene rings is 1. The number of rotatable bonds is 9. The van der Waals surface area contributed by atoms with Crippen molar-refractivity contribution in [3.63, 3.8) is 0 Å². The zero-order valence-electron chi connectivity index (χ0n) is 15.1. The number of thioether (sulfide) groups is 1. The molecule has 25 heavy (non-hydrogen) atoms. The second-order valence-corrected chi connectivity index (χ2v) is 8.63. The van der Waals surface area contributed by atoms with Gasteiger partial charge >= 0.3 is 6.09 Å². The molecule has 0 fully saturated rings. The first-order valence-corrected chi connectivity index (χ1v) is 10.2. The van der Waals surface area contributed by atoms with Gasteiger partial charge in [-0.15, -0.1) is 0 Å². The topological polar surface area (TPSA) is 49.8 Å². The molecule has 0 saturated carbocycles. The highest BCUT2D eigenvalue weighted by Crippen LogP contribution is 2.26. The molecule has 142 valence electrons. The van der Waals surface area contributed by atoms with Crippen LogP contribution in [0.4, 0.5) is 4.79 Å². The normalized spacial score (nSPS) is 11.4. The predicted molar refractivity (Wildman–Crippen MR) is 107 cm³/mol. The first-order chi connectivity index (χ1) is 11.7. The van der Waals surface area contributed by atoms with Crippen molar-refractivity contribution in [2.45, 2.75) is 39.2 Å². The van der Waals surface area contributed by atoms with Crippen molar-refractivity contribution in [2.24, 2.45) is 0 Å². The molecule has 0 atom stereocenters. The van der Waals surface area contributed by atoms with Crippen LogP contribution in [-0.2, 0) is 11.2 Å². The van der Waals surface area contributed by atoms with Gasteiger partial charge in [-0.05, 0) is 51.0 Å². The lowest BCUT2D eigenvalue weighted by Gasteiger charge is -2.27. The largest absolute Gasteiger partial charge is 0.444 e. The first kappa shape index (κ1) is 22.4. The van der Waals surface area contributed by atoms with E-state index < -0.39 is 5.60 Å². The molecule has 0 bridgehead atoms. The molecule has 7 heteroatoms. The summed E-state index contributed by atoms with van der Waals surface area (Å²) in [7, 11) is 0. The molecule has 0 radical (unpaired) electrons. The number of aliphatic hydroxyl groups is 1. The monoisotopic (exact) mass is 407 g/mol. The Bertz CT molecular complexity index is 550. The van der Waals surface area contributed by atoms with Crippen LogP contribution in [0.25, 0.3) is 0 Å². The summed E-state index contributed by atoms with van der Waals surface area (Å²) < 4.78 is 5.50. The average molecular weight is 408 g/mol. The molecule has 1 aromatic rings. The van der Waals surface area contributed by atoms with E-state index in [2.05, 4.69) is 0 Å². The third-order valence-corrected chi connectivity index (χ3v) is 5.19. The first-order valence-electron chi connectivity index (χ1n) is 8.34. The van der Waals surface area contributed by atoms with Gasteiger partial charge in [-0.3, -0.25) is 0 Å². The quantitative estimate of drug-likeness (QED) is 0.591. The van der Waals surface area contributed by atoms with Gasteiger partial charge in [0.15, 0.2) is 0 Å². The fraction of sp³-hybridized carbons (Fsp3) is 0.611. The summed E-state index contributed by atoms with van der Waals surface area (Å²) >= 11 is 14.0. The van der Waals surface area contributed by atoms with Crippen LogP contribution in [0, 0.1) is 0 Å². The van der Waals surface area contributed by atoms with Gasteiger partial charge in [-0.25, -0.2) is 4.79 Å². The summed E-state index contributed by atoms with van der Waals surface area (Å²) in [6, 6.07) is 5.52. The molecule has 0 unspecified atom stereocenters. The Morgan fingerprint density at radius 3 is 2.60 bits per heavy atom. The summed E-state index contributed by atoms with van der Waals surface area (Å²) in [6.07, 6.45) is 1.13. The predicted octanol–water partition coefficient (Wildman–Crippen LogP) is 4.89. The van der Waals surface area contributed by atoms with E-state index >= 15 is 0 Å². The lowest BCUT2D eigenvalue weighted by Crippen LogP contribution is -2.38. The number of carbonyl (C=O) groups is 1. The Labute approximate surface area is 164 Å². The smallest absolute Gasteiger partial charge is 0.410 e. The van der Waals surface area contributed by atoms with Crippen LogP contribution < -0.4 is 0 Å². The molecule has 0 heterocycles. The van der Waals surface area contributed by atoms with Crippen molar-refractivity contribution >= 4 is 41.1 Å². The fourth-order valence-electron chi connectivity index (χ4n) is 2.14. The molecule has 4 nitrogen and oxygen atoms in total. The maximum absolute atomic E-state index is 12.4. The SMILES string of the molecule is CC(C)(C)OC(=O)N(CCCSCCO)CCc1cccc(Cl)c1Cl. The highest BCUT2D eigenvalue weighted by Gasteiger charge is 2.22. The second-order valence-electron chi connectivity index (χ2n) is 6.62. The summed E-state index contributed by atoms with van der Waals surface area (Å²) in [5.41, 5.74) is 0.381. The third kappa shape index (κ3) is 9.04. The van der Waals surface area contributed by atoms with Crippen LogP contribution in [0.3, 0.4) is 0 Å². The van der Waals surface area contributed by atoms with Crippen molar-refractivity contribution in [1.82, 2.24) is 4.90 Å². The van der Waals surface area contributed by atoms with Crippen molar-refractivity contribution in [2.75, 3.05) is 31.2 Å². The minimum absolute atomic E-state index is 0.174. The van der Waals surface area contributed by atoms with Gasteiger partial charge in [0.1, 0.15) is 5.60 Å². The number of amides is 1. The Morgan fingerprint density at radius 1 is 1.24 bits per heavy atom. The van der Waals surface area contributed by atoms with Crippen LogP contribution in [0.15, 0.2) is 18.2 Å². The standard InChI is InChI=1S/C18H27Cl2NO3S/c1-18(2,3)24-17(23)21(9-5-12-25-13-11-22)10-8-14-6-4-7-15(19)16(14)20/h4,6-7,22H,5,8-13H2,1-3H3. The number of aliphatic hydroxyl groups excluding tert-OH is 1. The lowest BCUT2D eigenvalue weighted by molar-refractivity contribution is 0.0252. The molecule has 1 rings (SSSR count). The maximum atomic E-state index is 12.4. The highest BCUT2D eigenvalue weighted by molar-refractivity contribution is 7.99. The molecule has 1 amide bonds. The maximum Gasteiger partial charge on any atom is 0.410 e. The van der Waals surface area contributed by atoms with E-state index in [0.29, 0.717) is 35.3 Å². The molecule has 1 N–H and O–H groups in total. The van der Waals surface area contributed by atoms with Gasteiger partial charge in [-0.1, -0.05) is 35.3 Å². The Hall–Kier alpha value is -0.620. The van der Waals surface area contributed by atoms with Gasteiger partial charge < -0.3 is 14.7 Å². The molecule has 0 saturated heterocycles. The molecule has 0 spiro atoms. The van der Waals surface area contributed by atoms with Crippen LogP contribution in [0.2, 0.25) is 10.0 Å². The van der Waals surface area contributed by atoms with E-state index in [1.54, 1.807) is 22.7 Å². The molecular weight excluding hydrogens is 381 g/mol. The van der Waals surface area contributed by atoms with Gasteiger partial charge in [0.25, 0.3) is 0 Å². The van der Waals surface area contributed by atoms with E-state index in [4.69, 9.17) is 33.0 Å². The second kappa shape index (κ2) is 11.2. The molecule has 0 aliphatic heterocycles. The average Bonchev–Trinajstić information content (AvgIpc) is 2.52. The zero-order chi connectivity index (χ0) is 18.9. The van der Waals surface area contributed by atoms with Gasteiger partial charge in [-0.2, -0.15) is 11.8 Å².